The lowest BCUT2D eigenvalue weighted by atomic mass is 10.0. The molecule has 0 spiro atoms. The van der Waals surface area contributed by atoms with Gasteiger partial charge in [-0.15, -0.1) is 11.8 Å². The Bertz CT molecular complexity index is 938. The molecule has 2 N–H and O–H groups in total. The van der Waals surface area contributed by atoms with E-state index in [9.17, 15) is 4.79 Å². The number of hydrogen-bond acceptors (Lipinski definition) is 4. The number of aromatic nitrogens is 2. The summed E-state index contributed by atoms with van der Waals surface area (Å²) in [6.45, 7) is 4.45. The van der Waals surface area contributed by atoms with E-state index < -0.39 is 0 Å². The third-order valence-corrected chi connectivity index (χ3v) is 6.04. The van der Waals surface area contributed by atoms with Gasteiger partial charge in [-0.1, -0.05) is 42.5 Å². The lowest BCUT2D eigenvalue weighted by Gasteiger charge is -2.18. The average Bonchev–Trinajstić information content (AvgIpc) is 2.99. The molecule has 27 heavy (non-hydrogen) atoms. The van der Waals surface area contributed by atoms with Crippen molar-refractivity contribution in [2.75, 3.05) is 5.32 Å². The Kier molecular flexibility index (Phi) is 4.90. The molecule has 5 nitrogen and oxygen atoms in total. The van der Waals surface area contributed by atoms with E-state index in [1.165, 1.54) is 0 Å². The summed E-state index contributed by atoms with van der Waals surface area (Å²) in [6.07, 6.45) is 0. The van der Waals surface area contributed by atoms with Gasteiger partial charge in [0.2, 0.25) is 5.91 Å². The molecular weight excluding hydrogens is 358 g/mol. The molecule has 2 heterocycles. The van der Waals surface area contributed by atoms with Gasteiger partial charge in [0.1, 0.15) is 12.4 Å². The van der Waals surface area contributed by atoms with E-state index in [2.05, 4.69) is 27.6 Å². The molecule has 0 fully saturated rings. The fourth-order valence-corrected chi connectivity index (χ4v) is 4.46. The molecule has 1 aliphatic heterocycles. The molecule has 0 unspecified atom stereocenters. The van der Waals surface area contributed by atoms with Crippen LogP contribution in [0.3, 0.4) is 0 Å². The van der Waals surface area contributed by atoms with Gasteiger partial charge in [-0.2, -0.15) is 5.10 Å². The summed E-state index contributed by atoms with van der Waals surface area (Å²) in [7, 11) is 0. The lowest BCUT2D eigenvalue weighted by molar-refractivity contribution is -0.115. The molecule has 0 bridgehead atoms. The zero-order valence-electron chi connectivity index (χ0n) is 15.2. The van der Waals surface area contributed by atoms with E-state index in [-0.39, 0.29) is 16.4 Å². The molecule has 1 aliphatic rings. The second-order valence-corrected chi connectivity index (χ2v) is 8.05. The van der Waals surface area contributed by atoms with Crippen molar-refractivity contribution in [1.29, 1.82) is 0 Å². The van der Waals surface area contributed by atoms with Gasteiger partial charge in [-0.05, 0) is 37.1 Å². The van der Waals surface area contributed by atoms with Gasteiger partial charge in [0.05, 0.1) is 10.5 Å². The fraction of sp³-hybridized carbons (Fsp3) is 0.238. The van der Waals surface area contributed by atoms with Crippen molar-refractivity contribution in [1.82, 2.24) is 10.2 Å². The number of carbonyl (C=O) groups is 1. The summed E-state index contributed by atoms with van der Waals surface area (Å²) in [4.78, 5) is 12.2. The topological polar surface area (TPSA) is 67.0 Å². The third-order valence-electron chi connectivity index (χ3n) is 4.64. The van der Waals surface area contributed by atoms with Crippen LogP contribution in [0.1, 0.15) is 34.6 Å². The first-order valence-corrected chi connectivity index (χ1v) is 9.84. The van der Waals surface area contributed by atoms with Crippen LogP contribution in [-0.4, -0.2) is 21.4 Å². The quantitative estimate of drug-likeness (QED) is 0.702. The Morgan fingerprint density at radius 1 is 1.11 bits per heavy atom. The van der Waals surface area contributed by atoms with Crippen molar-refractivity contribution in [2.45, 2.75) is 31.0 Å². The van der Waals surface area contributed by atoms with Crippen LogP contribution in [0.4, 0.5) is 5.82 Å². The molecule has 0 aliphatic carbocycles. The van der Waals surface area contributed by atoms with Gasteiger partial charge in [0, 0.05) is 11.3 Å². The molecule has 0 saturated carbocycles. The van der Waals surface area contributed by atoms with E-state index in [4.69, 9.17) is 4.74 Å². The van der Waals surface area contributed by atoms with Gasteiger partial charge < -0.3 is 10.1 Å². The molecule has 3 aromatic rings. The number of nitrogens with zero attached hydrogens (tertiary/aromatic N) is 1. The third kappa shape index (κ3) is 3.71. The summed E-state index contributed by atoms with van der Waals surface area (Å²) in [6, 6.07) is 18.2. The number of thioether (sulfide) groups is 1. The minimum atomic E-state index is -0.155. The van der Waals surface area contributed by atoms with Crippen LogP contribution in [0.15, 0.2) is 54.6 Å². The number of carbonyl (C=O) groups excluding carboxylic acids is 1. The number of anilines is 1. The minimum Gasteiger partial charge on any atom is -0.489 e. The number of ether oxygens (including phenoxy) is 1. The van der Waals surface area contributed by atoms with Crippen LogP contribution in [-0.2, 0) is 11.4 Å². The molecule has 0 saturated heterocycles. The monoisotopic (exact) mass is 379 g/mol. The van der Waals surface area contributed by atoms with Crippen LogP contribution in [0, 0.1) is 6.92 Å². The molecular formula is C21H21N3O2S. The Balaban J connectivity index is 1.56. The standard InChI is InChI=1S/C21H21N3O2S/c1-13-18-19(27-14(2)21(25)22-20(18)24-23-13)16-8-10-17(11-9-16)26-12-15-6-4-3-5-7-15/h3-11,14,19H,12H2,1-2H3,(H2,22,23,24,25)/t14-,19+/m0/s1. The molecule has 6 heteroatoms. The number of amides is 1. The van der Waals surface area contributed by atoms with Gasteiger partial charge in [-0.25, -0.2) is 0 Å². The van der Waals surface area contributed by atoms with Crippen LogP contribution in [0.5, 0.6) is 5.75 Å². The average molecular weight is 379 g/mol. The number of hydrogen-bond donors (Lipinski definition) is 2. The first-order chi connectivity index (χ1) is 13.1. The van der Waals surface area contributed by atoms with E-state index in [1.807, 2.05) is 56.3 Å². The van der Waals surface area contributed by atoms with Gasteiger partial charge >= 0.3 is 0 Å². The summed E-state index contributed by atoms with van der Waals surface area (Å²) in [5, 5.41) is 10.1. The van der Waals surface area contributed by atoms with E-state index >= 15 is 0 Å². The molecule has 1 aromatic heterocycles. The molecule has 4 rings (SSSR count). The SMILES string of the molecule is Cc1[nH]nc2c1[C@@H](c1ccc(OCc3ccccc3)cc1)S[C@@H](C)C(=O)N2. The van der Waals surface area contributed by atoms with E-state index in [1.54, 1.807) is 11.8 Å². The summed E-state index contributed by atoms with van der Waals surface area (Å²) >= 11 is 1.63. The zero-order valence-corrected chi connectivity index (χ0v) is 16.0. The van der Waals surface area contributed by atoms with Crippen LogP contribution < -0.4 is 10.1 Å². The number of aryl methyl sites for hydroxylation is 1. The zero-order chi connectivity index (χ0) is 18.8. The Morgan fingerprint density at radius 3 is 2.59 bits per heavy atom. The number of aromatic amines is 1. The second kappa shape index (κ2) is 7.48. The van der Waals surface area contributed by atoms with Crippen molar-refractivity contribution < 1.29 is 9.53 Å². The molecule has 2 aromatic carbocycles. The van der Waals surface area contributed by atoms with Crippen molar-refractivity contribution in [3.63, 3.8) is 0 Å². The Morgan fingerprint density at radius 2 is 1.85 bits per heavy atom. The Hall–Kier alpha value is -2.73. The predicted molar refractivity (Wildman–Crippen MR) is 108 cm³/mol. The van der Waals surface area contributed by atoms with Gasteiger partial charge in [0.15, 0.2) is 5.82 Å². The highest BCUT2D eigenvalue weighted by atomic mass is 32.2. The summed E-state index contributed by atoms with van der Waals surface area (Å²) in [5.41, 5.74) is 4.27. The van der Waals surface area contributed by atoms with E-state index in [0.29, 0.717) is 12.4 Å². The molecule has 0 radical (unpaired) electrons. The molecule has 2 atom stereocenters. The van der Waals surface area contributed by atoms with Crippen molar-refractivity contribution >= 4 is 23.5 Å². The molecule has 138 valence electrons. The van der Waals surface area contributed by atoms with Crippen molar-refractivity contribution in [2.24, 2.45) is 0 Å². The Labute approximate surface area is 162 Å². The smallest absolute Gasteiger partial charge is 0.238 e. The number of fused-ring (bicyclic) bond motifs is 1. The number of rotatable bonds is 4. The van der Waals surface area contributed by atoms with Crippen LogP contribution >= 0.6 is 11.8 Å². The highest BCUT2D eigenvalue weighted by Gasteiger charge is 2.32. The molecule has 1 amide bonds. The maximum Gasteiger partial charge on any atom is 0.238 e. The number of benzene rings is 2. The fourth-order valence-electron chi connectivity index (χ4n) is 3.13. The second-order valence-electron chi connectivity index (χ2n) is 6.60. The number of nitrogens with one attached hydrogen (secondary N) is 2. The van der Waals surface area contributed by atoms with Crippen molar-refractivity contribution in [3.8, 4) is 5.75 Å². The summed E-state index contributed by atoms with van der Waals surface area (Å²) < 4.78 is 5.88. The van der Waals surface area contributed by atoms with Gasteiger partial charge in [-0.3, -0.25) is 9.89 Å². The highest BCUT2D eigenvalue weighted by Crippen LogP contribution is 2.44. The van der Waals surface area contributed by atoms with Crippen LogP contribution in [0.25, 0.3) is 0 Å². The first-order valence-electron chi connectivity index (χ1n) is 8.89. The summed E-state index contributed by atoms with van der Waals surface area (Å²) in [5.74, 6) is 1.44. The predicted octanol–water partition coefficient (Wildman–Crippen LogP) is 4.46. The minimum absolute atomic E-state index is 0.0157. The van der Waals surface area contributed by atoms with E-state index in [0.717, 1.165) is 28.1 Å². The first kappa shape index (κ1) is 17.7. The highest BCUT2D eigenvalue weighted by molar-refractivity contribution is 8.01. The lowest BCUT2D eigenvalue weighted by Crippen LogP contribution is -2.21. The van der Waals surface area contributed by atoms with Crippen molar-refractivity contribution in [3.05, 3.63) is 77.0 Å². The maximum absolute atomic E-state index is 12.2. The van der Waals surface area contributed by atoms with Crippen LogP contribution in [0.2, 0.25) is 0 Å². The normalized spacial score (nSPS) is 19.1. The maximum atomic E-state index is 12.2. The number of H-pyrrole nitrogens is 1. The van der Waals surface area contributed by atoms with Gasteiger partial charge in [0.25, 0.3) is 0 Å². The largest absolute Gasteiger partial charge is 0.489 e.